The minimum Gasteiger partial charge on any atom is -0.480 e. The Morgan fingerprint density at radius 3 is 2.65 bits per heavy atom. The number of rotatable bonds is 6. The number of hydrogen-bond acceptors (Lipinski definition) is 2. The van der Waals surface area contributed by atoms with E-state index in [1.165, 1.54) is 12.1 Å². The van der Waals surface area contributed by atoms with Gasteiger partial charge in [-0.05, 0) is 26.1 Å². The van der Waals surface area contributed by atoms with Gasteiger partial charge >= 0.3 is 5.97 Å². The molecule has 1 aromatic carbocycles. The fourth-order valence-corrected chi connectivity index (χ4v) is 1.79. The van der Waals surface area contributed by atoms with E-state index < -0.39 is 17.8 Å². The molecule has 0 saturated carbocycles. The third-order valence-electron chi connectivity index (χ3n) is 2.74. The van der Waals surface area contributed by atoms with Crippen LogP contribution in [0.25, 0.3) is 0 Å². The second-order valence-electron chi connectivity index (χ2n) is 4.10. The molecule has 3 nitrogen and oxygen atoms in total. The maximum absolute atomic E-state index is 13.6. The highest BCUT2D eigenvalue weighted by Gasteiger charge is 2.26. The Hall–Kier alpha value is -1.42. The molecule has 1 rings (SSSR count). The van der Waals surface area contributed by atoms with Gasteiger partial charge in [0.05, 0.1) is 0 Å². The molecule has 0 saturated heterocycles. The number of hydrogen-bond donors (Lipinski definition) is 1. The van der Waals surface area contributed by atoms with Gasteiger partial charge in [-0.15, -0.1) is 0 Å². The van der Waals surface area contributed by atoms with E-state index in [0.29, 0.717) is 6.54 Å². The van der Waals surface area contributed by atoms with Crippen LogP contribution in [0.4, 0.5) is 4.39 Å². The Kier molecular flexibility index (Phi) is 5.10. The number of carboxylic acid groups (broad SMARTS) is 1. The number of halogens is 1. The van der Waals surface area contributed by atoms with E-state index in [4.69, 9.17) is 0 Å². The Bertz CT molecular complexity index is 381. The molecule has 0 radical (unpaired) electrons. The molecule has 0 heterocycles. The zero-order valence-electron chi connectivity index (χ0n) is 10.2. The van der Waals surface area contributed by atoms with Gasteiger partial charge in [0.2, 0.25) is 0 Å². The van der Waals surface area contributed by atoms with Crippen LogP contribution in [-0.2, 0) is 4.79 Å². The molecule has 1 aromatic rings. The van der Waals surface area contributed by atoms with Gasteiger partial charge in [-0.25, -0.2) is 4.39 Å². The van der Waals surface area contributed by atoms with Crippen molar-refractivity contribution in [2.24, 2.45) is 0 Å². The van der Waals surface area contributed by atoms with Gasteiger partial charge in [0.25, 0.3) is 0 Å². The minimum absolute atomic E-state index is 0.221. The first kappa shape index (κ1) is 13.6. The van der Waals surface area contributed by atoms with E-state index in [1.807, 2.05) is 6.92 Å². The molecule has 0 aliphatic carbocycles. The van der Waals surface area contributed by atoms with Crippen LogP contribution in [0.1, 0.15) is 31.4 Å². The summed E-state index contributed by atoms with van der Waals surface area (Å²) < 4.78 is 13.6. The molecule has 1 N–H and O–H groups in total. The molecule has 0 fully saturated rings. The molecule has 0 aliphatic heterocycles. The fraction of sp³-hybridized carbons (Fsp3) is 0.462. The van der Waals surface area contributed by atoms with Crippen molar-refractivity contribution in [3.8, 4) is 0 Å². The second-order valence-corrected chi connectivity index (χ2v) is 4.10. The highest BCUT2D eigenvalue weighted by Crippen LogP contribution is 2.22. The summed E-state index contributed by atoms with van der Waals surface area (Å²) in [5, 5.41) is 9.21. The van der Waals surface area contributed by atoms with Crippen molar-refractivity contribution in [2.45, 2.75) is 25.8 Å². The summed E-state index contributed by atoms with van der Waals surface area (Å²) in [6.07, 6.45) is 1.88. The third kappa shape index (κ3) is 3.53. The zero-order valence-corrected chi connectivity index (χ0v) is 10.2. The molecule has 17 heavy (non-hydrogen) atoms. The Labute approximate surface area is 101 Å². The first-order chi connectivity index (χ1) is 8.07. The summed E-state index contributed by atoms with van der Waals surface area (Å²) in [5.74, 6) is -1.49. The van der Waals surface area contributed by atoms with Gasteiger partial charge in [-0.1, -0.05) is 31.5 Å². The van der Waals surface area contributed by atoms with E-state index in [9.17, 15) is 14.3 Å². The molecule has 1 unspecified atom stereocenters. The van der Waals surface area contributed by atoms with E-state index in [2.05, 4.69) is 0 Å². The first-order valence-electron chi connectivity index (χ1n) is 5.75. The number of likely N-dealkylation sites (N-methyl/N-ethyl adjacent to an activating group) is 1. The van der Waals surface area contributed by atoms with Crippen molar-refractivity contribution in [1.82, 2.24) is 4.90 Å². The summed E-state index contributed by atoms with van der Waals surface area (Å²) in [5.41, 5.74) is 0.221. The van der Waals surface area contributed by atoms with Crippen LogP contribution in [-0.4, -0.2) is 29.6 Å². The highest BCUT2D eigenvalue weighted by molar-refractivity contribution is 5.75. The number of aliphatic carboxylic acids is 1. The normalized spacial score (nSPS) is 12.7. The van der Waals surface area contributed by atoms with Crippen LogP contribution in [0.5, 0.6) is 0 Å². The SMILES string of the molecule is CCCCN(C)C(C(=O)O)c1ccccc1F. The van der Waals surface area contributed by atoms with Crippen LogP contribution in [0.3, 0.4) is 0 Å². The van der Waals surface area contributed by atoms with E-state index >= 15 is 0 Å². The Balaban J connectivity index is 2.93. The average molecular weight is 239 g/mol. The molecular formula is C13H18FNO2. The smallest absolute Gasteiger partial charge is 0.325 e. The molecule has 0 bridgehead atoms. The van der Waals surface area contributed by atoms with Crippen LogP contribution in [0.15, 0.2) is 24.3 Å². The van der Waals surface area contributed by atoms with Gasteiger partial charge in [-0.2, -0.15) is 0 Å². The zero-order chi connectivity index (χ0) is 12.8. The lowest BCUT2D eigenvalue weighted by atomic mass is 10.0. The first-order valence-corrected chi connectivity index (χ1v) is 5.75. The monoisotopic (exact) mass is 239 g/mol. The lowest BCUT2D eigenvalue weighted by molar-refractivity contribution is -0.143. The Morgan fingerprint density at radius 2 is 2.12 bits per heavy atom. The van der Waals surface area contributed by atoms with E-state index in [0.717, 1.165) is 12.8 Å². The van der Waals surface area contributed by atoms with Gasteiger partial charge in [-0.3, -0.25) is 9.69 Å². The molecule has 0 aromatic heterocycles. The number of carbonyl (C=O) groups is 1. The van der Waals surface area contributed by atoms with Gasteiger partial charge in [0.1, 0.15) is 11.9 Å². The molecule has 0 amide bonds. The highest BCUT2D eigenvalue weighted by atomic mass is 19.1. The molecule has 94 valence electrons. The lowest BCUT2D eigenvalue weighted by Crippen LogP contribution is -2.32. The molecule has 0 aliphatic rings. The average Bonchev–Trinajstić information content (AvgIpc) is 2.29. The Morgan fingerprint density at radius 1 is 1.47 bits per heavy atom. The van der Waals surface area contributed by atoms with Crippen molar-refractivity contribution in [3.05, 3.63) is 35.6 Å². The number of nitrogens with zero attached hydrogens (tertiary/aromatic N) is 1. The van der Waals surface area contributed by atoms with Crippen LogP contribution < -0.4 is 0 Å². The van der Waals surface area contributed by atoms with Gasteiger partial charge in [0.15, 0.2) is 0 Å². The number of carboxylic acids is 1. The summed E-state index contributed by atoms with van der Waals surface area (Å²) in [6, 6.07) is 5.11. The standard InChI is InChI=1S/C13H18FNO2/c1-3-4-9-15(2)12(13(16)17)10-7-5-6-8-11(10)14/h5-8,12H,3-4,9H2,1-2H3,(H,16,17). The minimum atomic E-state index is -1.02. The van der Waals surface area contributed by atoms with Crippen LogP contribution in [0, 0.1) is 5.82 Å². The van der Waals surface area contributed by atoms with Gasteiger partial charge < -0.3 is 5.11 Å². The largest absolute Gasteiger partial charge is 0.480 e. The van der Waals surface area contributed by atoms with Crippen LogP contribution in [0.2, 0.25) is 0 Å². The quantitative estimate of drug-likeness (QED) is 0.829. The summed E-state index contributed by atoms with van der Waals surface area (Å²) >= 11 is 0. The lowest BCUT2D eigenvalue weighted by Gasteiger charge is -2.25. The molecule has 1 atom stereocenters. The maximum atomic E-state index is 13.6. The van der Waals surface area contributed by atoms with Crippen molar-refractivity contribution < 1.29 is 14.3 Å². The molecule has 4 heteroatoms. The summed E-state index contributed by atoms with van der Waals surface area (Å²) in [7, 11) is 1.71. The maximum Gasteiger partial charge on any atom is 0.325 e. The fourth-order valence-electron chi connectivity index (χ4n) is 1.79. The predicted molar refractivity (Wildman–Crippen MR) is 64.3 cm³/mol. The van der Waals surface area contributed by atoms with Gasteiger partial charge in [0, 0.05) is 5.56 Å². The van der Waals surface area contributed by atoms with Crippen molar-refractivity contribution in [1.29, 1.82) is 0 Å². The third-order valence-corrected chi connectivity index (χ3v) is 2.74. The second kappa shape index (κ2) is 6.35. The van der Waals surface area contributed by atoms with Crippen LogP contribution >= 0.6 is 0 Å². The number of unbranched alkanes of at least 4 members (excludes halogenated alkanes) is 1. The summed E-state index contributed by atoms with van der Waals surface area (Å²) in [6.45, 7) is 2.68. The summed E-state index contributed by atoms with van der Waals surface area (Å²) in [4.78, 5) is 12.9. The molecular weight excluding hydrogens is 221 g/mol. The van der Waals surface area contributed by atoms with Crippen molar-refractivity contribution in [3.63, 3.8) is 0 Å². The molecule has 0 spiro atoms. The van der Waals surface area contributed by atoms with E-state index in [-0.39, 0.29) is 5.56 Å². The number of benzene rings is 1. The van der Waals surface area contributed by atoms with E-state index in [1.54, 1.807) is 24.1 Å². The van der Waals surface area contributed by atoms with Crippen molar-refractivity contribution >= 4 is 5.97 Å². The topological polar surface area (TPSA) is 40.5 Å². The van der Waals surface area contributed by atoms with Crippen molar-refractivity contribution in [2.75, 3.05) is 13.6 Å². The predicted octanol–water partition coefficient (Wildman–Crippen LogP) is 2.68.